The molecule has 2 heterocycles. The van der Waals surface area contributed by atoms with Crippen LogP contribution in [0.2, 0.25) is 0 Å². The fraction of sp³-hybridized carbons (Fsp3) is 0.733. The van der Waals surface area contributed by atoms with Gasteiger partial charge in [-0.05, 0) is 34.2 Å². The van der Waals surface area contributed by atoms with Crippen molar-refractivity contribution in [2.45, 2.75) is 46.5 Å². The van der Waals surface area contributed by atoms with Crippen molar-refractivity contribution in [3.05, 3.63) is 16.5 Å². The van der Waals surface area contributed by atoms with Crippen LogP contribution >= 0.6 is 15.9 Å². The largest absolute Gasteiger partial charge is 0.356 e. The highest BCUT2D eigenvalue weighted by Crippen LogP contribution is 2.29. The summed E-state index contributed by atoms with van der Waals surface area (Å²) in [5, 5.41) is 0. The third-order valence-electron chi connectivity index (χ3n) is 4.01. The summed E-state index contributed by atoms with van der Waals surface area (Å²) in [5.41, 5.74) is -0.0206. The lowest BCUT2D eigenvalue weighted by molar-refractivity contribution is 0.322. The molecular weight excluding hydrogens is 302 g/mol. The zero-order chi connectivity index (χ0) is 14.2. The molecule has 2 unspecified atom stereocenters. The zero-order valence-electron chi connectivity index (χ0n) is 12.6. The minimum Gasteiger partial charge on any atom is -0.356 e. The number of hydrogen-bond acceptors (Lipinski definition) is 3. The predicted molar refractivity (Wildman–Crippen MR) is 83.6 cm³/mol. The Morgan fingerprint density at radius 3 is 2.47 bits per heavy atom. The molecule has 0 N–H and O–H groups in total. The second kappa shape index (κ2) is 5.39. The maximum Gasteiger partial charge on any atom is 0.137 e. The second-order valence-electron chi connectivity index (χ2n) is 6.81. The van der Waals surface area contributed by atoms with E-state index >= 15 is 0 Å². The lowest BCUT2D eigenvalue weighted by Gasteiger charge is -2.36. The molecule has 0 spiro atoms. The Labute approximate surface area is 125 Å². The molecule has 19 heavy (non-hydrogen) atoms. The Bertz CT molecular complexity index is 453. The SMILES string of the molecule is CC1CCN(c2cc(Br)nc(C(C)(C)C)n2)CC1C. The van der Waals surface area contributed by atoms with Crippen molar-refractivity contribution in [3.63, 3.8) is 0 Å². The van der Waals surface area contributed by atoms with Crippen LogP contribution in [0, 0.1) is 11.8 Å². The van der Waals surface area contributed by atoms with Gasteiger partial charge in [0.1, 0.15) is 16.2 Å². The number of anilines is 1. The molecule has 1 aliphatic rings. The molecule has 1 aliphatic heterocycles. The van der Waals surface area contributed by atoms with Gasteiger partial charge in [0.2, 0.25) is 0 Å². The average molecular weight is 326 g/mol. The standard InChI is InChI=1S/C15H24BrN3/c1-10-6-7-19(9-11(10)2)13-8-12(16)17-14(18-13)15(3,4)5/h8,10-11H,6-7,9H2,1-5H3. The molecule has 106 valence electrons. The third kappa shape index (κ3) is 3.47. The highest BCUT2D eigenvalue weighted by Gasteiger charge is 2.25. The minimum atomic E-state index is -0.0206. The van der Waals surface area contributed by atoms with Crippen molar-refractivity contribution in [2.75, 3.05) is 18.0 Å². The van der Waals surface area contributed by atoms with Gasteiger partial charge < -0.3 is 4.90 Å². The van der Waals surface area contributed by atoms with Gasteiger partial charge in [0.05, 0.1) is 0 Å². The molecule has 0 bridgehead atoms. The van der Waals surface area contributed by atoms with Crippen LogP contribution in [0.15, 0.2) is 10.7 Å². The molecule has 3 nitrogen and oxygen atoms in total. The summed E-state index contributed by atoms with van der Waals surface area (Å²) < 4.78 is 0.883. The summed E-state index contributed by atoms with van der Waals surface area (Å²) in [4.78, 5) is 11.7. The lowest BCUT2D eigenvalue weighted by atomic mass is 9.89. The molecule has 0 saturated carbocycles. The van der Waals surface area contributed by atoms with Gasteiger partial charge in [-0.25, -0.2) is 9.97 Å². The van der Waals surface area contributed by atoms with Crippen LogP contribution in [0.5, 0.6) is 0 Å². The van der Waals surface area contributed by atoms with E-state index in [0.717, 1.165) is 41.2 Å². The van der Waals surface area contributed by atoms with Gasteiger partial charge >= 0.3 is 0 Å². The van der Waals surface area contributed by atoms with Crippen molar-refractivity contribution in [1.29, 1.82) is 0 Å². The highest BCUT2D eigenvalue weighted by atomic mass is 79.9. The highest BCUT2D eigenvalue weighted by molar-refractivity contribution is 9.10. The Hall–Kier alpha value is -0.640. The number of piperidine rings is 1. The predicted octanol–water partition coefficient (Wildman–Crippen LogP) is 4.02. The maximum absolute atomic E-state index is 4.77. The molecule has 1 saturated heterocycles. The van der Waals surface area contributed by atoms with Crippen LogP contribution in [0.4, 0.5) is 5.82 Å². The van der Waals surface area contributed by atoms with E-state index in [1.54, 1.807) is 0 Å². The normalized spacial score (nSPS) is 24.6. The summed E-state index contributed by atoms with van der Waals surface area (Å²) in [6, 6.07) is 2.04. The monoisotopic (exact) mass is 325 g/mol. The van der Waals surface area contributed by atoms with Crippen molar-refractivity contribution >= 4 is 21.7 Å². The molecule has 2 atom stereocenters. The van der Waals surface area contributed by atoms with Gasteiger partial charge in [-0.2, -0.15) is 0 Å². The van der Waals surface area contributed by atoms with Crippen LogP contribution in [-0.2, 0) is 5.41 Å². The van der Waals surface area contributed by atoms with Gasteiger partial charge in [-0.15, -0.1) is 0 Å². The first-order valence-electron chi connectivity index (χ1n) is 7.07. The quantitative estimate of drug-likeness (QED) is 0.730. The summed E-state index contributed by atoms with van der Waals surface area (Å²) in [5.74, 6) is 3.50. The molecule has 0 amide bonds. The number of nitrogens with zero attached hydrogens (tertiary/aromatic N) is 3. The lowest BCUT2D eigenvalue weighted by Crippen LogP contribution is -2.39. The Morgan fingerprint density at radius 2 is 1.89 bits per heavy atom. The fourth-order valence-corrected chi connectivity index (χ4v) is 2.75. The van der Waals surface area contributed by atoms with Crippen LogP contribution in [0.25, 0.3) is 0 Å². The average Bonchev–Trinajstić information content (AvgIpc) is 2.31. The third-order valence-corrected chi connectivity index (χ3v) is 4.42. The molecule has 1 fully saturated rings. The molecule has 1 aromatic heterocycles. The minimum absolute atomic E-state index is 0.0206. The Kier molecular flexibility index (Phi) is 4.19. The van der Waals surface area contributed by atoms with Crippen molar-refractivity contribution in [1.82, 2.24) is 9.97 Å². The summed E-state index contributed by atoms with van der Waals surface area (Å²) >= 11 is 3.52. The van der Waals surface area contributed by atoms with E-state index in [2.05, 4.69) is 60.4 Å². The first-order chi connectivity index (χ1) is 8.77. The number of halogens is 1. The first-order valence-corrected chi connectivity index (χ1v) is 7.86. The van der Waals surface area contributed by atoms with E-state index in [9.17, 15) is 0 Å². The molecule has 0 aromatic carbocycles. The first kappa shape index (κ1) is 14.8. The van der Waals surface area contributed by atoms with Gasteiger partial charge in [0.25, 0.3) is 0 Å². The molecule has 0 radical (unpaired) electrons. The molecule has 2 rings (SSSR count). The molecule has 4 heteroatoms. The van der Waals surface area contributed by atoms with E-state index in [1.165, 1.54) is 6.42 Å². The van der Waals surface area contributed by atoms with Crippen molar-refractivity contribution in [2.24, 2.45) is 11.8 Å². The molecule has 0 aliphatic carbocycles. The summed E-state index contributed by atoms with van der Waals surface area (Å²) in [7, 11) is 0. The van der Waals surface area contributed by atoms with Crippen LogP contribution < -0.4 is 4.90 Å². The maximum atomic E-state index is 4.77. The summed E-state index contributed by atoms with van der Waals surface area (Å²) in [6.45, 7) is 13.3. The van der Waals surface area contributed by atoms with E-state index in [0.29, 0.717) is 0 Å². The van der Waals surface area contributed by atoms with Crippen molar-refractivity contribution < 1.29 is 0 Å². The van der Waals surface area contributed by atoms with E-state index in [-0.39, 0.29) is 5.41 Å². The number of aromatic nitrogens is 2. The Balaban J connectivity index is 2.28. The van der Waals surface area contributed by atoms with E-state index < -0.39 is 0 Å². The van der Waals surface area contributed by atoms with E-state index in [1.807, 2.05) is 6.07 Å². The van der Waals surface area contributed by atoms with Gasteiger partial charge in [0, 0.05) is 24.6 Å². The topological polar surface area (TPSA) is 29.0 Å². The molecule has 1 aromatic rings. The van der Waals surface area contributed by atoms with Gasteiger partial charge in [-0.3, -0.25) is 0 Å². The zero-order valence-corrected chi connectivity index (χ0v) is 14.2. The second-order valence-corrected chi connectivity index (χ2v) is 7.62. The van der Waals surface area contributed by atoms with Gasteiger partial charge in [0.15, 0.2) is 0 Å². The molecular formula is C15H24BrN3. The van der Waals surface area contributed by atoms with E-state index in [4.69, 9.17) is 4.98 Å². The van der Waals surface area contributed by atoms with Gasteiger partial charge in [-0.1, -0.05) is 34.6 Å². The smallest absolute Gasteiger partial charge is 0.137 e. The number of rotatable bonds is 1. The number of hydrogen-bond donors (Lipinski definition) is 0. The fourth-order valence-electron chi connectivity index (χ4n) is 2.37. The van der Waals surface area contributed by atoms with Crippen LogP contribution in [0.3, 0.4) is 0 Å². The Morgan fingerprint density at radius 1 is 1.21 bits per heavy atom. The van der Waals surface area contributed by atoms with Crippen LogP contribution in [-0.4, -0.2) is 23.1 Å². The van der Waals surface area contributed by atoms with Crippen LogP contribution in [0.1, 0.15) is 46.9 Å². The van der Waals surface area contributed by atoms with Crippen molar-refractivity contribution in [3.8, 4) is 0 Å². The summed E-state index contributed by atoms with van der Waals surface area (Å²) in [6.07, 6.45) is 1.24.